The van der Waals surface area contributed by atoms with Crippen molar-refractivity contribution >= 4 is 28.8 Å². The van der Waals surface area contributed by atoms with Crippen LogP contribution in [0.25, 0.3) is 0 Å². The Morgan fingerprint density at radius 3 is 2.75 bits per heavy atom. The van der Waals surface area contributed by atoms with E-state index in [0.717, 1.165) is 0 Å². The highest BCUT2D eigenvalue weighted by Crippen LogP contribution is 2.14. The second-order valence-electron chi connectivity index (χ2n) is 3.88. The smallest absolute Gasteiger partial charge is 0.274 e. The number of nitrogens with one attached hydrogen (secondary N) is 2. The van der Waals surface area contributed by atoms with E-state index in [0.29, 0.717) is 22.7 Å². The molecule has 0 atom stereocenters. The molecule has 104 valence electrons. The van der Waals surface area contributed by atoms with Crippen LogP contribution in [0, 0.1) is 0 Å². The van der Waals surface area contributed by atoms with Crippen LogP contribution in [0.5, 0.6) is 0 Å². The summed E-state index contributed by atoms with van der Waals surface area (Å²) in [5.41, 5.74) is 3.29. The first-order chi connectivity index (χ1) is 9.70. The van der Waals surface area contributed by atoms with E-state index >= 15 is 0 Å². The van der Waals surface area contributed by atoms with E-state index in [9.17, 15) is 9.59 Å². The molecule has 20 heavy (non-hydrogen) atoms. The number of anilines is 1. The molecule has 0 spiro atoms. The zero-order chi connectivity index (χ0) is 14.4. The molecule has 0 saturated carbocycles. The molecule has 1 aromatic carbocycles. The van der Waals surface area contributed by atoms with Crippen LogP contribution >= 0.6 is 11.3 Å². The molecule has 2 rings (SSSR count). The number of hydrogen-bond acceptors (Lipinski definition) is 4. The van der Waals surface area contributed by atoms with Crippen molar-refractivity contribution in [3.05, 3.63) is 52.2 Å². The maximum atomic E-state index is 11.9. The summed E-state index contributed by atoms with van der Waals surface area (Å²) in [5, 5.41) is 4.58. The van der Waals surface area contributed by atoms with Gasteiger partial charge in [-0.3, -0.25) is 14.4 Å². The Labute approximate surface area is 120 Å². The minimum atomic E-state index is -0.348. The molecule has 5 nitrogen and oxygen atoms in total. The van der Waals surface area contributed by atoms with Gasteiger partial charge in [0, 0.05) is 11.3 Å². The maximum absolute atomic E-state index is 11.9. The van der Waals surface area contributed by atoms with Gasteiger partial charge in [-0.1, -0.05) is 12.1 Å². The third-order valence-electron chi connectivity index (χ3n) is 2.44. The van der Waals surface area contributed by atoms with Gasteiger partial charge in [0.05, 0.1) is 11.5 Å². The summed E-state index contributed by atoms with van der Waals surface area (Å²) in [6.07, 6.45) is 0. The maximum Gasteiger partial charge on any atom is 0.274 e. The second kappa shape index (κ2) is 6.83. The van der Waals surface area contributed by atoms with Crippen molar-refractivity contribution in [2.45, 2.75) is 6.92 Å². The summed E-state index contributed by atoms with van der Waals surface area (Å²) in [6.45, 7) is 2.17. The van der Waals surface area contributed by atoms with Gasteiger partial charge in [-0.05, 0) is 36.6 Å². The van der Waals surface area contributed by atoms with Crippen LogP contribution < -0.4 is 10.8 Å². The zero-order valence-electron chi connectivity index (χ0n) is 10.9. The molecule has 0 radical (unpaired) electrons. The van der Waals surface area contributed by atoms with Crippen molar-refractivity contribution < 1.29 is 14.4 Å². The third kappa shape index (κ3) is 3.66. The molecule has 6 heteroatoms. The minimum Gasteiger partial charge on any atom is -0.321 e. The molecule has 2 amide bonds. The molecule has 0 aliphatic rings. The fraction of sp³-hybridized carbons (Fsp3) is 0.143. The van der Waals surface area contributed by atoms with Crippen molar-refractivity contribution in [3.63, 3.8) is 0 Å². The number of carbonyl (C=O) groups excluding carboxylic acids is 2. The molecular weight excluding hydrogens is 276 g/mol. The van der Waals surface area contributed by atoms with Crippen molar-refractivity contribution in [1.29, 1.82) is 0 Å². The van der Waals surface area contributed by atoms with Crippen LogP contribution in [0.2, 0.25) is 0 Å². The third-order valence-corrected chi connectivity index (χ3v) is 3.31. The van der Waals surface area contributed by atoms with E-state index in [4.69, 9.17) is 4.84 Å². The monoisotopic (exact) mass is 290 g/mol. The molecule has 0 fully saturated rings. The lowest BCUT2D eigenvalue weighted by molar-refractivity contribution is 0.0364. The fourth-order valence-corrected chi connectivity index (χ4v) is 2.15. The molecule has 1 heterocycles. The number of benzene rings is 1. The summed E-state index contributed by atoms with van der Waals surface area (Å²) in [5.74, 6) is -0.540. The van der Waals surface area contributed by atoms with E-state index < -0.39 is 0 Å². The zero-order valence-corrected chi connectivity index (χ0v) is 11.7. The lowest BCUT2D eigenvalue weighted by Gasteiger charge is -2.07. The largest absolute Gasteiger partial charge is 0.321 e. The van der Waals surface area contributed by atoms with Gasteiger partial charge in [-0.2, -0.15) is 0 Å². The van der Waals surface area contributed by atoms with E-state index in [-0.39, 0.29) is 11.8 Å². The molecular formula is C14H14N2O3S. The average molecular weight is 290 g/mol. The first-order valence-corrected chi connectivity index (χ1v) is 6.95. The predicted octanol–water partition coefficient (Wildman–Crippen LogP) is 2.68. The average Bonchev–Trinajstić information content (AvgIpc) is 2.99. The molecule has 2 N–H and O–H groups in total. The number of thiophene rings is 1. The fourth-order valence-electron chi connectivity index (χ4n) is 1.54. The van der Waals surface area contributed by atoms with Gasteiger partial charge in [0.2, 0.25) is 0 Å². The Morgan fingerprint density at radius 2 is 2.05 bits per heavy atom. The highest BCUT2D eigenvalue weighted by molar-refractivity contribution is 7.12. The van der Waals surface area contributed by atoms with Gasteiger partial charge in [0.1, 0.15) is 0 Å². The van der Waals surface area contributed by atoms with Crippen molar-refractivity contribution in [3.8, 4) is 0 Å². The number of hydrogen-bond donors (Lipinski definition) is 2. The molecule has 2 aromatic rings. The topological polar surface area (TPSA) is 67.4 Å². The van der Waals surface area contributed by atoms with Crippen molar-refractivity contribution in [1.82, 2.24) is 5.48 Å². The van der Waals surface area contributed by atoms with Crippen LogP contribution in [0.15, 0.2) is 41.8 Å². The van der Waals surface area contributed by atoms with E-state index in [1.54, 1.807) is 37.3 Å². The van der Waals surface area contributed by atoms with Crippen LogP contribution in [0.3, 0.4) is 0 Å². The summed E-state index contributed by atoms with van der Waals surface area (Å²) in [7, 11) is 0. The highest BCUT2D eigenvalue weighted by Gasteiger charge is 2.09. The van der Waals surface area contributed by atoms with Crippen LogP contribution in [-0.2, 0) is 4.84 Å². The highest BCUT2D eigenvalue weighted by atomic mass is 32.1. The summed E-state index contributed by atoms with van der Waals surface area (Å²) in [4.78, 5) is 29.1. The summed E-state index contributed by atoms with van der Waals surface area (Å²) < 4.78 is 0. The number of amides is 2. The lowest BCUT2D eigenvalue weighted by Crippen LogP contribution is -2.23. The number of hydroxylamine groups is 1. The Bertz CT molecular complexity index is 596. The van der Waals surface area contributed by atoms with Gasteiger partial charge >= 0.3 is 0 Å². The van der Waals surface area contributed by atoms with Gasteiger partial charge in [-0.25, -0.2) is 5.48 Å². The molecule has 0 saturated heterocycles. The molecule has 0 unspecified atom stereocenters. The summed E-state index contributed by atoms with van der Waals surface area (Å²) >= 11 is 1.36. The predicted molar refractivity (Wildman–Crippen MR) is 77.8 cm³/mol. The normalized spacial score (nSPS) is 10.1. The quantitative estimate of drug-likeness (QED) is 0.832. The molecule has 1 aromatic heterocycles. The first kappa shape index (κ1) is 14.2. The SMILES string of the molecule is CCONC(=O)c1cccc(NC(=O)c2cccs2)c1. The van der Waals surface area contributed by atoms with E-state index in [1.807, 2.05) is 11.4 Å². The van der Waals surface area contributed by atoms with Gasteiger partial charge in [-0.15, -0.1) is 11.3 Å². The first-order valence-electron chi connectivity index (χ1n) is 6.07. The Hall–Kier alpha value is -2.18. The molecule has 0 bridgehead atoms. The number of rotatable bonds is 5. The lowest BCUT2D eigenvalue weighted by atomic mass is 10.2. The van der Waals surface area contributed by atoms with E-state index in [2.05, 4.69) is 10.8 Å². The Kier molecular flexibility index (Phi) is 4.86. The van der Waals surface area contributed by atoms with Gasteiger partial charge in [0.25, 0.3) is 11.8 Å². The number of carbonyl (C=O) groups is 2. The van der Waals surface area contributed by atoms with Crippen molar-refractivity contribution in [2.24, 2.45) is 0 Å². The van der Waals surface area contributed by atoms with Crippen LogP contribution in [-0.4, -0.2) is 18.4 Å². The molecule has 0 aliphatic heterocycles. The second-order valence-corrected chi connectivity index (χ2v) is 4.82. The Morgan fingerprint density at radius 1 is 1.20 bits per heavy atom. The Balaban J connectivity index is 2.06. The van der Waals surface area contributed by atoms with Gasteiger partial charge in [0.15, 0.2) is 0 Å². The van der Waals surface area contributed by atoms with E-state index in [1.165, 1.54) is 11.3 Å². The van der Waals surface area contributed by atoms with Crippen molar-refractivity contribution in [2.75, 3.05) is 11.9 Å². The van der Waals surface area contributed by atoms with Crippen LogP contribution in [0.4, 0.5) is 5.69 Å². The minimum absolute atomic E-state index is 0.192. The van der Waals surface area contributed by atoms with Crippen LogP contribution in [0.1, 0.15) is 27.0 Å². The molecule has 0 aliphatic carbocycles. The van der Waals surface area contributed by atoms with Gasteiger partial charge < -0.3 is 5.32 Å². The summed E-state index contributed by atoms with van der Waals surface area (Å²) in [6, 6.07) is 10.2. The standard InChI is InChI=1S/C14H14N2O3S/c1-2-19-16-13(17)10-5-3-6-11(9-10)15-14(18)12-7-4-8-20-12/h3-9H,2H2,1H3,(H,15,18)(H,16,17).